The van der Waals surface area contributed by atoms with Gasteiger partial charge in [-0.15, -0.1) is 0 Å². The molecule has 7 nitrogen and oxygen atoms in total. The molecule has 3 atom stereocenters. The van der Waals surface area contributed by atoms with Gasteiger partial charge in [0.2, 0.25) is 5.91 Å². The summed E-state index contributed by atoms with van der Waals surface area (Å²) in [5.74, 6) is 4.86. The van der Waals surface area contributed by atoms with E-state index in [2.05, 4.69) is 15.6 Å². The highest BCUT2D eigenvalue weighted by molar-refractivity contribution is 5.80. The molecule has 2 saturated heterocycles. The number of likely N-dealkylation sites (tertiary alicyclic amines) is 1. The molecule has 7 heteroatoms. The van der Waals surface area contributed by atoms with Crippen LogP contribution in [0.2, 0.25) is 0 Å². The first-order valence-electron chi connectivity index (χ1n) is 6.74. The number of carbonyl (C=O) groups excluding carboxylic acids is 2. The molecule has 2 aliphatic rings. The normalized spacial score (nSPS) is 31.4. The Bertz CT molecular complexity index is 350. The molecule has 0 spiro atoms. The number of nitrogens with one attached hydrogen (secondary N) is 2. The summed E-state index contributed by atoms with van der Waals surface area (Å²) in [6.45, 7) is 4.16. The minimum absolute atomic E-state index is 0.0173. The van der Waals surface area contributed by atoms with Crippen LogP contribution in [-0.2, 0) is 14.3 Å². The fourth-order valence-corrected chi connectivity index (χ4v) is 2.82. The fraction of sp³-hybridized carbons (Fsp3) is 0.833. The van der Waals surface area contributed by atoms with Crippen LogP contribution in [0.3, 0.4) is 0 Å². The summed E-state index contributed by atoms with van der Waals surface area (Å²) < 4.78 is 5.67. The quantitative estimate of drug-likeness (QED) is 0.336. The van der Waals surface area contributed by atoms with Crippen molar-refractivity contribution < 1.29 is 14.3 Å². The summed E-state index contributed by atoms with van der Waals surface area (Å²) in [6.07, 6.45) is 2.23. The van der Waals surface area contributed by atoms with E-state index in [1.165, 1.54) is 0 Å². The molecule has 2 rings (SSSR count). The molecule has 2 fully saturated rings. The van der Waals surface area contributed by atoms with Crippen LogP contribution in [-0.4, -0.2) is 54.6 Å². The predicted octanol–water partition coefficient (Wildman–Crippen LogP) is -1.27. The van der Waals surface area contributed by atoms with E-state index in [4.69, 9.17) is 10.6 Å². The van der Waals surface area contributed by atoms with Gasteiger partial charge < -0.3 is 10.1 Å². The smallest absolute Gasteiger partial charge is 0.263 e. The van der Waals surface area contributed by atoms with Crippen LogP contribution >= 0.6 is 0 Å². The van der Waals surface area contributed by atoms with Gasteiger partial charge in [0, 0.05) is 32.6 Å². The zero-order chi connectivity index (χ0) is 13.8. The molecule has 0 radical (unpaired) electrons. The second-order valence-electron chi connectivity index (χ2n) is 5.28. The summed E-state index contributed by atoms with van der Waals surface area (Å²) in [4.78, 5) is 24.6. The summed E-state index contributed by atoms with van der Waals surface area (Å²) in [7, 11) is 0. The molecule has 0 saturated carbocycles. The molecule has 0 aromatic rings. The molecule has 2 aliphatic heterocycles. The molecule has 108 valence electrons. The van der Waals surface area contributed by atoms with E-state index < -0.39 is 6.10 Å². The number of nitrogens with zero attached hydrogens (tertiary/aromatic N) is 1. The third-order valence-corrected chi connectivity index (χ3v) is 3.68. The van der Waals surface area contributed by atoms with Crippen LogP contribution in [0.5, 0.6) is 0 Å². The van der Waals surface area contributed by atoms with Crippen molar-refractivity contribution in [2.45, 2.75) is 44.4 Å². The number of rotatable bonds is 4. The van der Waals surface area contributed by atoms with Crippen molar-refractivity contribution in [2.75, 3.05) is 19.6 Å². The van der Waals surface area contributed by atoms with E-state index in [1.807, 2.05) is 0 Å². The summed E-state index contributed by atoms with van der Waals surface area (Å²) in [5.41, 5.74) is 2.12. The molecule has 19 heavy (non-hydrogen) atoms. The SMILES string of the molecule is CC(=O)NC1CCN(CC2CCC(C(=O)NN)O2)C1. The maximum atomic E-state index is 11.3. The third kappa shape index (κ3) is 3.89. The standard InChI is InChI=1S/C12H22N4O3/c1-8(17)14-9-4-5-16(6-9)7-10-2-3-11(19-10)12(18)15-13/h9-11H,2-7,13H2,1H3,(H,14,17)(H,15,18). The van der Waals surface area contributed by atoms with Crippen molar-refractivity contribution in [3.05, 3.63) is 0 Å². The number of carbonyl (C=O) groups is 2. The Labute approximate surface area is 112 Å². The highest BCUT2D eigenvalue weighted by Crippen LogP contribution is 2.22. The van der Waals surface area contributed by atoms with Crippen LogP contribution in [0.25, 0.3) is 0 Å². The lowest BCUT2D eigenvalue weighted by molar-refractivity contribution is -0.132. The molecule has 0 aromatic heterocycles. The van der Waals surface area contributed by atoms with Crippen molar-refractivity contribution in [3.8, 4) is 0 Å². The van der Waals surface area contributed by atoms with E-state index >= 15 is 0 Å². The maximum absolute atomic E-state index is 11.3. The average Bonchev–Trinajstić information content (AvgIpc) is 2.98. The van der Waals surface area contributed by atoms with Gasteiger partial charge in [-0.2, -0.15) is 0 Å². The number of ether oxygens (including phenoxy) is 1. The molecule has 2 heterocycles. The van der Waals surface area contributed by atoms with Crippen molar-refractivity contribution >= 4 is 11.8 Å². The molecule has 0 bridgehead atoms. The lowest BCUT2D eigenvalue weighted by Gasteiger charge is -2.20. The Kier molecular flexibility index (Phi) is 4.73. The number of hydrogen-bond donors (Lipinski definition) is 3. The first-order chi connectivity index (χ1) is 9.08. The molecule has 2 amide bonds. The van der Waals surface area contributed by atoms with Crippen molar-refractivity contribution in [1.82, 2.24) is 15.6 Å². The van der Waals surface area contributed by atoms with Gasteiger partial charge in [0.1, 0.15) is 6.10 Å². The monoisotopic (exact) mass is 270 g/mol. The van der Waals surface area contributed by atoms with E-state index in [-0.39, 0.29) is 24.0 Å². The van der Waals surface area contributed by atoms with Crippen LogP contribution in [0.1, 0.15) is 26.2 Å². The summed E-state index contributed by atoms with van der Waals surface area (Å²) >= 11 is 0. The average molecular weight is 270 g/mol. The lowest BCUT2D eigenvalue weighted by Crippen LogP contribution is -2.40. The Hall–Kier alpha value is -1.18. The highest BCUT2D eigenvalue weighted by Gasteiger charge is 2.33. The van der Waals surface area contributed by atoms with Crippen LogP contribution in [0.15, 0.2) is 0 Å². The molecule has 0 aliphatic carbocycles. The van der Waals surface area contributed by atoms with Gasteiger partial charge >= 0.3 is 0 Å². The fourth-order valence-electron chi connectivity index (χ4n) is 2.82. The summed E-state index contributed by atoms with van der Waals surface area (Å²) in [6, 6.07) is 0.238. The largest absolute Gasteiger partial charge is 0.364 e. The van der Waals surface area contributed by atoms with Gasteiger partial charge in [-0.1, -0.05) is 0 Å². The minimum atomic E-state index is -0.413. The first-order valence-corrected chi connectivity index (χ1v) is 6.74. The Morgan fingerprint density at radius 2 is 2.16 bits per heavy atom. The molecule has 4 N–H and O–H groups in total. The highest BCUT2D eigenvalue weighted by atomic mass is 16.5. The third-order valence-electron chi connectivity index (χ3n) is 3.68. The number of hydrazine groups is 1. The Morgan fingerprint density at radius 3 is 2.84 bits per heavy atom. The second kappa shape index (κ2) is 6.31. The van der Waals surface area contributed by atoms with Crippen molar-refractivity contribution in [1.29, 1.82) is 0 Å². The van der Waals surface area contributed by atoms with E-state index in [1.54, 1.807) is 6.92 Å². The zero-order valence-electron chi connectivity index (χ0n) is 11.2. The molecule has 0 aromatic carbocycles. The van der Waals surface area contributed by atoms with Crippen molar-refractivity contribution in [2.24, 2.45) is 5.84 Å². The van der Waals surface area contributed by atoms with Gasteiger partial charge in [0.15, 0.2) is 0 Å². The molecular formula is C12H22N4O3. The number of nitrogens with two attached hydrogens (primary N) is 1. The number of amides is 2. The lowest BCUT2D eigenvalue weighted by atomic mass is 10.2. The molecular weight excluding hydrogens is 248 g/mol. The maximum Gasteiger partial charge on any atom is 0.263 e. The zero-order valence-corrected chi connectivity index (χ0v) is 11.2. The van der Waals surface area contributed by atoms with Crippen molar-refractivity contribution in [3.63, 3.8) is 0 Å². The van der Waals surface area contributed by atoms with Crippen LogP contribution in [0, 0.1) is 0 Å². The predicted molar refractivity (Wildman–Crippen MR) is 68.9 cm³/mol. The summed E-state index contributed by atoms with van der Waals surface area (Å²) in [5, 5.41) is 2.93. The van der Waals surface area contributed by atoms with Gasteiger partial charge in [-0.25, -0.2) is 5.84 Å². The van der Waals surface area contributed by atoms with Gasteiger partial charge in [-0.3, -0.25) is 19.9 Å². The number of hydrogen-bond acceptors (Lipinski definition) is 5. The van der Waals surface area contributed by atoms with Crippen LogP contribution < -0.4 is 16.6 Å². The van der Waals surface area contributed by atoms with Gasteiger partial charge in [-0.05, 0) is 19.3 Å². The van der Waals surface area contributed by atoms with Crippen LogP contribution in [0.4, 0.5) is 0 Å². The van der Waals surface area contributed by atoms with E-state index in [0.717, 1.165) is 38.9 Å². The van der Waals surface area contributed by atoms with E-state index in [9.17, 15) is 9.59 Å². The van der Waals surface area contributed by atoms with E-state index in [0.29, 0.717) is 0 Å². The second-order valence-corrected chi connectivity index (χ2v) is 5.28. The Balaban J connectivity index is 1.72. The topological polar surface area (TPSA) is 96.7 Å². The van der Waals surface area contributed by atoms with Gasteiger partial charge in [0.25, 0.3) is 5.91 Å². The van der Waals surface area contributed by atoms with Gasteiger partial charge in [0.05, 0.1) is 6.10 Å². The first kappa shape index (κ1) is 14.2. The Morgan fingerprint density at radius 1 is 1.37 bits per heavy atom. The molecule has 3 unspecified atom stereocenters. The minimum Gasteiger partial charge on any atom is -0.364 e.